The van der Waals surface area contributed by atoms with E-state index < -0.39 is 5.50 Å². The van der Waals surface area contributed by atoms with Crippen LogP contribution in [0.3, 0.4) is 0 Å². The van der Waals surface area contributed by atoms with Crippen molar-refractivity contribution in [3.63, 3.8) is 0 Å². The molecule has 2 heterocycles. The van der Waals surface area contributed by atoms with E-state index in [2.05, 4.69) is 32.3 Å². The van der Waals surface area contributed by atoms with E-state index in [0.29, 0.717) is 30.8 Å². The highest BCUT2D eigenvalue weighted by molar-refractivity contribution is 6.37. The Morgan fingerprint density at radius 1 is 1.48 bits per heavy atom. The number of dihydropyridines is 1. The summed E-state index contributed by atoms with van der Waals surface area (Å²) in [5.74, 6) is 5.61. The fourth-order valence-electron chi connectivity index (χ4n) is 1.97. The number of hydrazone groups is 1. The van der Waals surface area contributed by atoms with Gasteiger partial charge in [0.2, 0.25) is 5.91 Å². The minimum absolute atomic E-state index is 0.0782. The molecule has 23 heavy (non-hydrogen) atoms. The monoisotopic (exact) mass is 352 g/mol. The molecule has 1 N–H and O–H groups in total. The number of nitrogens with zero attached hydrogens (tertiary/aromatic N) is 5. The van der Waals surface area contributed by atoms with Crippen LogP contribution in [0.5, 0.6) is 0 Å². The lowest BCUT2D eigenvalue weighted by atomic mass is 10.1. The Morgan fingerprint density at radius 3 is 3.04 bits per heavy atom. The van der Waals surface area contributed by atoms with Crippen LogP contribution < -0.4 is 5.32 Å². The molecule has 120 valence electrons. The molecule has 2 aliphatic heterocycles. The number of amides is 1. The summed E-state index contributed by atoms with van der Waals surface area (Å²) in [7, 11) is 0. The molecular formula is C14H14Cl2N6O. The topological polar surface area (TPSA) is 93.5 Å². The number of allylic oxidation sites excluding steroid dienone is 3. The summed E-state index contributed by atoms with van der Waals surface area (Å²) < 4.78 is 0. The third-order valence-electron chi connectivity index (χ3n) is 3.10. The molecule has 1 unspecified atom stereocenters. The Labute approximate surface area is 143 Å². The number of carbonyl (C=O) groups is 1. The van der Waals surface area contributed by atoms with Crippen LogP contribution in [0.15, 0.2) is 33.1 Å². The van der Waals surface area contributed by atoms with Crippen molar-refractivity contribution in [1.82, 2.24) is 10.3 Å². The van der Waals surface area contributed by atoms with Crippen LogP contribution in [0, 0.1) is 11.8 Å². The molecule has 0 fully saturated rings. The molecule has 0 saturated heterocycles. The fourth-order valence-corrected chi connectivity index (χ4v) is 2.28. The van der Waals surface area contributed by atoms with E-state index in [1.165, 1.54) is 5.01 Å². The minimum atomic E-state index is -0.495. The number of hydrogen-bond donors (Lipinski definition) is 1. The largest absolute Gasteiger partial charge is 0.363 e. The molecule has 0 aliphatic carbocycles. The minimum Gasteiger partial charge on any atom is -0.363 e. The number of azide groups is 1. The Hall–Kier alpha value is -2.13. The lowest BCUT2D eigenvalue weighted by molar-refractivity contribution is -0.131. The van der Waals surface area contributed by atoms with Gasteiger partial charge in [-0.05, 0) is 17.7 Å². The van der Waals surface area contributed by atoms with Crippen molar-refractivity contribution in [3.8, 4) is 11.8 Å². The number of rotatable bonds is 4. The summed E-state index contributed by atoms with van der Waals surface area (Å²) in [6.07, 6.45) is 4.85. The van der Waals surface area contributed by atoms with Crippen LogP contribution in [0.1, 0.15) is 19.3 Å². The first-order valence-electron chi connectivity index (χ1n) is 6.94. The van der Waals surface area contributed by atoms with Gasteiger partial charge in [-0.1, -0.05) is 34.2 Å². The molecule has 1 atom stereocenters. The van der Waals surface area contributed by atoms with Crippen molar-refractivity contribution in [3.05, 3.63) is 33.3 Å². The van der Waals surface area contributed by atoms with Gasteiger partial charge in [0.25, 0.3) is 0 Å². The van der Waals surface area contributed by atoms with Crippen molar-refractivity contribution < 1.29 is 4.79 Å². The van der Waals surface area contributed by atoms with Gasteiger partial charge in [-0.3, -0.25) is 4.79 Å². The molecular weight excluding hydrogens is 339 g/mol. The first-order valence-corrected chi connectivity index (χ1v) is 7.76. The maximum atomic E-state index is 11.9. The van der Waals surface area contributed by atoms with E-state index >= 15 is 0 Å². The molecule has 0 spiro atoms. The first-order chi connectivity index (χ1) is 11.1. The van der Waals surface area contributed by atoms with Crippen molar-refractivity contribution >= 4 is 34.8 Å². The Morgan fingerprint density at radius 2 is 2.30 bits per heavy atom. The number of nitrogens with one attached hydrogen (secondary N) is 1. The zero-order valence-electron chi connectivity index (χ0n) is 12.2. The first kappa shape index (κ1) is 17.2. The van der Waals surface area contributed by atoms with Gasteiger partial charge in [-0.25, -0.2) is 5.01 Å². The second kappa shape index (κ2) is 8.49. The van der Waals surface area contributed by atoms with Gasteiger partial charge in [0.1, 0.15) is 12.0 Å². The van der Waals surface area contributed by atoms with Crippen molar-refractivity contribution in [2.45, 2.75) is 24.8 Å². The fraction of sp³-hybridized carbons (Fsp3) is 0.429. The number of hydrogen-bond acceptors (Lipinski definition) is 4. The highest BCUT2D eigenvalue weighted by atomic mass is 35.5. The maximum absolute atomic E-state index is 11.9. The molecule has 0 aromatic heterocycles. The molecule has 0 aromatic rings. The smallest absolute Gasteiger partial charge is 0.243 e. The number of alkyl halides is 1. The standard InChI is InChI=1S/C14H14Cl2N6O/c15-10-4-5-11(19-14(10)16)12-6-7-13(23)22(20-12)9-3-1-2-8-18-21-17/h4-5,14,19H,2,6-9H2. The Bertz CT molecular complexity index is 681. The van der Waals surface area contributed by atoms with Crippen molar-refractivity contribution in [2.24, 2.45) is 10.2 Å². The molecule has 0 saturated carbocycles. The third kappa shape index (κ3) is 4.93. The zero-order chi connectivity index (χ0) is 16.7. The van der Waals surface area contributed by atoms with Crippen LogP contribution in [0.25, 0.3) is 10.4 Å². The average molecular weight is 353 g/mol. The zero-order valence-corrected chi connectivity index (χ0v) is 13.7. The van der Waals surface area contributed by atoms with Crippen molar-refractivity contribution in [2.75, 3.05) is 13.1 Å². The summed E-state index contributed by atoms with van der Waals surface area (Å²) in [6, 6.07) is 0. The highest BCUT2D eigenvalue weighted by Gasteiger charge is 2.24. The molecule has 0 aromatic carbocycles. The van der Waals surface area contributed by atoms with E-state index in [1.54, 1.807) is 12.2 Å². The van der Waals surface area contributed by atoms with Gasteiger partial charge in [0.15, 0.2) is 0 Å². The average Bonchev–Trinajstić information content (AvgIpc) is 2.55. The normalized spacial score (nSPS) is 20.3. The Balaban J connectivity index is 2.02. The van der Waals surface area contributed by atoms with Crippen LogP contribution in [-0.2, 0) is 4.79 Å². The molecule has 1 amide bonds. The van der Waals surface area contributed by atoms with E-state index in [-0.39, 0.29) is 12.5 Å². The van der Waals surface area contributed by atoms with Gasteiger partial charge in [0.05, 0.1) is 16.4 Å². The van der Waals surface area contributed by atoms with Crippen LogP contribution in [0.4, 0.5) is 0 Å². The third-order valence-corrected chi connectivity index (χ3v) is 3.90. The summed E-state index contributed by atoms with van der Waals surface area (Å²) in [5, 5.41) is 12.6. The molecule has 7 nitrogen and oxygen atoms in total. The summed E-state index contributed by atoms with van der Waals surface area (Å²) in [6.45, 7) is 0.514. The second-order valence-corrected chi connectivity index (χ2v) is 5.57. The summed E-state index contributed by atoms with van der Waals surface area (Å²) >= 11 is 12.0. The van der Waals surface area contributed by atoms with Gasteiger partial charge < -0.3 is 5.32 Å². The maximum Gasteiger partial charge on any atom is 0.243 e. The predicted molar refractivity (Wildman–Crippen MR) is 89.6 cm³/mol. The van der Waals surface area contributed by atoms with E-state index in [9.17, 15) is 4.79 Å². The van der Waals surface area contributed by atoms with E-state index in [0.717, 1.165) is 11.4 Å². The lowest BCUT2D eigenvalue weighted by Crippen LogP contribution is -2.37. The quantitative estimate of drug-likeness (QED) is 0.160. The molecule has 2 aliphatic rings. The Kier molecular flexibility index (Phi) is 6.36. The van der Waals surface area contributed by atoms with Crippen molar-refractivity contribution in [1.29, 1.82) is 0 Å². The van der Waals surface area contributed by atoms with E-state index in [4.69, 9.17) is 28.7 Å². The van der Waals surface area contributed by atoms with Gasteiger partial charge in [-0.2, -0.15) is 5.10 Å². The van der Waals surface area contributed by atoms with Gasteiger partial charge in [-0.15, -0.1) is 5.92 Å². The SMILES string of the molecule is [N-]=[N+]=NCCC#CCN1N=C(C2=CC=C(Cl)C(Cl)N2)CCC1=O. The highest BCUT2D eigenvalue weighted by Crippen LogP contribution is 2.21. The predicted octanol–water partition coefficient (Wildman–Crippen LogP) is 2.84. The number of halogens is 2. The molecule has 0 radical (unpaired) electrons. The molecule has 0 bridgehead atoms. The van der Waals surface area contributed by atoms with Crippen LogP contribution >= 0.6 is 23.2 Å². The van der Waals surface area contributed by atoms with Crippen LogP contribution in [0.2, 0.25) is 0 Å². The number of carbonyl (C=O) groups excluding carboxylic acids is 1. The van der Waals surface area contributed by atoms with E-state index in [1.807, 2.05) is 0 Å². The van der Waals surface area contributed by atoms with Crippen LogP contribution in [-0.4, -0.2) is 35.2 Å². The molecule has 2 rings (SSSR count). The lowest BCUT2D eigenvalue weighted by Gasteiger charge is -2.26. The molecule has 9 heteroatoms. The van der Waals surface area contributed by atoms with Gasteiger partial charge >= 0.3 is 0 Å². The van der Waals surface area contributed by atoms with Gasteiger partial charge in [0, 0.05) is 30.7 Å². The summed E-state index contributed by atoms with van der Waals surface area (Å²) in [4.78, 5) is 14.5. The second-order valence-electron chi connectivity index (χ2n) is 4.69. The summed E-state index contributed by atoms with van der Waals surface area (Å²) in [5.41, 5.74) is 9.16.